The van der Waals surface area contributed by atoms with Crippen LogP contribution in [-0.4, -0.2) is 31.7 Å². The van der Waals surface area contributed by atoms with E-state index in [0.717, 1.165) is 20.8 Å². The Morgan fingerprint density at radius 1 is 1.30 bits per heavy atom. The van der Waals surface area contributed by atoms with Crippen molar-refractivity contribution < 1.29 is 9.90 Å². The number of aromatic nitrogens is 3. The van der Waals surface area contributed by atoms with Crippen molar-refractivity contribution in [3.63, 3.8) is 0 Å². The Morgan fingerprint density at radius 2 is 2.09 bits per heavy atom. The molecule has 0 aliphatic heterocycles. The van der Waals surface area contributed by atoms with Gasteiger partial charge >= 0.3 is 6.09 Å². The van der Waals surface area contributed by atoms with Gasteiger partial charge in [-0.05, 0) is 32.9 Å². The van der Waals surface area contributed by atoms with Crippen molar-refractivity contribution in [2.75, 3.05) is 4.90 Å². The van der Waals surface area contributed by atoms with Gasteiger partial charge in [0.25, 0.3) is 0 Å². The van der Waals surface area contributed by atoms with Gasteiger partial charge in [-0.2, -0.15) is 0 Å². The van der Waals surface area contributed by atoms with Crippen LogP contribution in [-0.2, 0) is 0 Å². The van der Waals surface area contributed by atoms with E-state index in [2.05, 4.69) is 15.0 Å². The maximum Gasteiger partial charge on any atom is 0.413 e. The van der Waals surface area contributed by atoms with E-state index >= 15 is 0 Å². The van der Waals surface area contributed by atoms with Gasteiger partial charge in [0.05, 0.1) is 10.9 Å². The molecule has 0 fully saturated rings. The Bertz CT molecular complexity index is 855. The fourth-order valence-corrected chi connectivity index (χ4v) is 3.24. The Balaban J connectivity index is 2.07. The lowest BCUT2D eigenvalue weighted by atomic mass is 10.1. The molecule has 0 aliphatic carbocycles. The van der Waals surface area contributed by atoms with Crippen molar-refractivity contribution in [3.8, 4) is 10.6 Å². The first-order valence-electron chi connectivity index (χ1n) is 7.06. The SMILES string of the molecule is CC(C)(C)N(C(=O)O)c1cc2sc(-c3cccnc3)nc2cn1. The van der Waals surface area contributed by atoms with Crippen molar-refractivity contribution in [1.82, 2.24) is 15.0 Å². The maximum atomic E-state index is 11.6. The molecular formula is C16H16N4O2S. The van der Waals surface area contributed by atoms with E-state index in [9.17, 15) is 9.90 Å². The normalized spacial score (nSPS) is 11.6. The van der Waals surface area contributed by atoms with E-state index in [1.165, 1.54) is 16.2 Å². The minimum absolute atomic E-state index is 0.402. The molecule has 0 saturated carbocycles. The van der Waals surface area contributed by atoms with Crippen LogP contribution in [0.15, 0.2) is 36.8 Å². The van der Waals surface area contributed by atoms with Gasteiger partial charge in [-0.15, -0.1) is 11.3 Å². The lowest BCUT2D eigenvalue weighted by Gasteiger charge is -2.31. The largest absolute Gasteiger partial charge is 0.465 e. The van der Waals surface area contributed by atoms with Crippen LogP contribution in [0.3, 0.4) is 0 Å². The van der Waals surface area contributed by atoms with Crippen LogP contribution in [0.4, 0.5) is 10.6 Å². The molecule has 3 aromatic rings. The Hall–Kier alpha value is -2.54. The third-order valence-corrected chi connectivity index (χ3v) is 4.33. The predicted molar refractivity (Wildman–Crippen MR) is 90.9 cm³/mol. The van der Waals surface area contributed by atoms with Crippen LogP contribution >= 0.6 is 11.3 Å². The topological polar surface area (TPSA) is 79.2 Å². The smallest absolute Gasteiger partial charge is 0.413 e. The molecule has 3 aromatic heterocycles. The van der Waals surface area contributed by atoms with E-state index in [0.29, 0.717) is 5.82 Å². The maximum absolute atomic E-state index is 11.6. The van der Waals surface area contributed by atoms with Gasteiger partial charge in [-0.25, -0.2) is 14.8 Å². The summed E-state index contributed by atoms with van der Waals surface area (Å²) in [6.45, 7) is 5.50. The molecule has 0 bridgehead atoms. The molecule has 0 spiro atoms. The Morgan fingerprint density at radius 3 is 2.70 bits per heavy atom. The van der Waals surface area contributed by atoms with Crippen molar-refractivity contribution >= 4 is 33.5 Å². The zero-order valence-electron chi connectivity index (χ0n) is 13.0. The molecule has 0 aliphatic rings. The Labute approximate surface area is 137 Å². The highest BCUT2D eigenvalue weighted by Crippen LogP contribution is 2.32. The number of hydrogen-bond donors (Lipinski definition) is 1. The molecule has 1 amide bonds. The first-order valence-corrected chi connectivity index (χ1v) is 7.88. The van der Waals surface area contributed by atoms with Crippen molar-refractivity contribution in [1.29, 1.82) is 0 Å². The van der Waals surface area contributed by atoms with Crippen LogP contribution in [0.5, 0.6) is 0 Å². The second kappa shape index (κ2) is 5.58. The van der Waals surface area contributed by atoms with Crippen LogP contribution in [0.1, 0.15) is 20.8 Å². The number of fused-ring (bicyclic) bond motifs is 1. The number of nitrogens with zero attached hydrogens (tertiary/aromatic N) is 4. The number of carbonyl (C=O) groups is 1. The summed E-state index contributed by atoms with van der Waals surface area (Å²) in [5, 5.41) is 10.3. The molecule has 23 heavy (non-hydrogen) atoms. The summed E-state index contributed by atoms with van der Waals surface area (Å²) in [4.78, 5) is 25.7. The molecule has 118 valence electrons. The van der Waals surface area contributed by atoms with Gasteiger partial charge in [-0.3, -0.25) is 9.88 Å². The standard InChI is InChI=1S/C16H16N4O2S/c1-16(2,3)20(15(21)22)13-7-12-11(9-18-13)19-14(23-12)10-5-4-6-17-8-10/h4-9H,1-3H3,(H,21,22). The first-order chi connectivity index (χ1) is 10.9. The molecule has 1 N–H and O–H groups in total. The zero-order valence-corrected chi connectivity index (χ0v) is 13.8. The summed E-state index contributed by atoms with van der Waals surface area (Å²) < 4.78 is 0.893. The quantitative estimate of drug-likeness (QED) is 0.768. The highest BCUT2D eigenvalue weighted by Gasteiger charge is 2.29. The summed E-state index contributed by atoms with van der Waals surface area (Å²) in [5.74, 6) is 0.402. The van der Waals surface area contributed by atoms with E-state index in [-0.39, 0.29) is 0 Å². The van der Waals surface area contributed by atoms with Crippen LogP contribution in [0.2, 0.25) is 0 Å². The molecule has 0 radical (unpaired) electrons. The minimum Gasteiger partial charge on any atom is -0.465 e. The number of rotatable bonds is 2. The average molecular weight is 328 g/mol. The summed E-state index contributed by atoms with van der Waals surface area (Å²) >= 11 is 1.49. The number of carboxylic acid groups (broad SMARTS) is 1. The zero-order chi connectivity index (χ0) is 16.6. The summed E-state index contributed by atoms with van der Waals surface area (Å²) in [5.41, 5.74) is 1.10. The van der Waals surface area contributed by atoms with E-state index in [1.807, 2.05) is 32.9 Å². The van der Waals surface area contributed by atoms with Gasteiger partial charge in [0, 0.05) is 29.6 Å². The minimum atomic E-state index is -1.03. The molecular weight excluding hydrogens is 312 g/mol. The van der Waals surface area contributed by atoms with E-state index < -0.39 is 11.6 Å². The van der Waals surface area contributed by atoms with Gasteiger partial charge in [0.1, 0.15) is 16.3 Å². The van der Waals surface area contributed by atoms with E-state index in [4.69, 9.17) is 0 Å². The predicted octanol–water partition coefficient (Wildman–Crippen LogP) is 4.04. The van der Waals surface area contributed by atoms with Crippen molar-refractivity contribution in [2.45, 2.75) is 26.3 Å². The molecule has 0 unspecified atom stereocenters. The number of hydrogen-bond acceptors (Lipinski definition) is 5. The molecule has 0 aromatic carbocycles. The molecule has 0 atom stereocenters. The van der Waals surface area contributed by atoms with Gasteiger partial charge in [0.15, 0.2) is 0 Å². The fourth-order valence-electron chi connectivity index (χ4n) is 2.29. The number of thiazole rings is 1. The van der Waals surface area contributed by atoms with Crippen molar-refractivity contribution in [2.24, 2.45) is 0 Å². The summed E-state index contributed by atoms with van der Waals surface area (Å²) in [6.07, 6.45) is 4.05. The Kier molecular flexibility index (Phi) is 3.73. The van der Waals surface area contributed by atoms with E-state index in [1.54, 1.807) is 24.7 Å². The highest BCUT2D eigenvalue weighted by molar-refractivity contribution is 7.21. The molecule has 3 heterocycles. The summed E-state index contributed by atoms with van der Waals surface area (Å²) in [6, 6.07) is 5.57. The lowest BCUT2D eigenvalue weighted by Crippen LogP contribution is -2.45. The van der Waals surface area contributed by atoms with Gasteiger partial charge < -0.3 is 5.11 Å². The first kappa shape index (κ1) is 15.4. The van der Waals surface area contributed by atoms with Gasteiger partial charge in [0.2, 0.25) is 0 Å². The number of amides is 1. The highest BCUT2D eigenvalue weighted by atomic mass is 32.1. The fraction of sp³-hybridized carbons (Fsp3) is 0.250. The number of anilines is 1. The van der Waals surface area contributed by atoms with Crippen LogP contribution in [0, 0.1) is 0 Å². The second-order valence-electron chi connectivity index (χ2n) is 6.06. The average Bonchev–Trinajstić information content (AvgIpc) is 2.89. The molecule has 6 nitrogen and oxygen atoms in total. The molecule has 3 rings (SSSR count). The lowest BCUT2D eigenvalue weighted by molar-refractivity contribution is 0.195. The van der Waals surface area contributed by atoms with Crippen LogP contribution < -0.4 is 4.90 Å². The third-order valence-electron chi connectivity index (χ3n) is 3.26. The second-order valence-corrected chi connectivity index (χ2v) is 7.09. The summed E-state index contributed by atoms with van der Waals surface area (Å²) in [7, 11) is 0. The van der Waals surface area contributed by atoms with Gasteiger partial charge in [-0.1, -0.05) is 0 Å². The molecule has 7 heteroatoms. The molecule has 0 saturated heterocycles. The van der Waals surface area contributed by atoms with Crippen LogP contribution in [0.25, 0.3) is 20.8 Å². The van der Waals surface area contributed by atoms with Crippen molar-refractivity contribution in [3.05, 3.63) is 36.8 Å². The number of pyridine rings is 2. The monoisotopic (exact) mass is 328 g/mol. The third kappa shape index (κ3) is 3.00.